The van der Waals surface area contributed by atoms with Crippen LogP contribution in [0.5, 0.6) is 0 Å². The normalized spacial score (nSPS) is 17.5. The van der Waals surface area contributed by atoms with Crippen molar-refractivity contribution in [2.45, 2.75) is 37.3 Å². The molecule has 0 saturated heterocycles. The monoisotopic (exact) mass is 339 g/mol. The van der Waals surface area contributed by atoms with Crippen LogP contribution in [0.3, 0.4) is 0 Å². The molecule has 1 aliphatic rings. The summed E-state index contributed by atoms with van der Waals surface area (Å²) >= 11 is 1.29. The number of anilines is 1. The Balaban J connectivity index is 2.10. The van der Waals surface area contributed by atoms with E-state index in [0.29, 0.717) is 4.90 Å². The van der Waals surface area contributed by atoms with Crippen LogP contribution in [0.1, 0.15) is 31.3 Å². The predicted octanol–water partition coefficient (Wildman–Crippen LogP) is 1.72. The summed E-state index contributed by atoms with van der Waals surface area (Å²) in [5.41, 5.74) is -0.831. The number of hydrogen-bond donors (Lipinski definition) is 3. The zero-order valence-corrected chi connectivity index (χ0v) is 13.7. The highest BCUT2D eigenvalue weighted by molar-refractivity contribution is 7.99. The van der Waals surface area contributed by atoms with Gasteiger partial charge in [0.25, 0.3) is 0 Å². The standard InChI is InChI=1S/C14H17N3O5S/c1-14(2,3)22-13(21)16-8-6-23-9-5-4-7(12(19)20)15-10(9)17-11(8)18/h4-5,8H,6H2,1-3H3,(H,16,21)(H,19,20)(H,15,17,18)/t8-/m0/s1. The number of aromatic carboxylic acids is 1. The number of carboxylic acids is 1. The Morgan fingerprint density at radius 1 is 1.43 bits per heavy atom. The second-order valence-corrected chi connectivity index (χ2v) is 6.91. The van der Waals surface area contributed by atoms with E-state index in [4.69, 9.17) is 9.84 Å². The van der Waals surface area contributed by atoms with Crippen molar-refractivity contribution >= 4 is 35.5 Å². The summed E-state index contributed by atoms with van der Waals surface area (Å²) in [5, 5.41) is 14.0. The molecule has 0 unspecified atom stereocenters. The molecular weight excluding hydrogens is 322 g/mol. The lowest BCUT2D eigenvalue weighted by atomic mass is 10.2. The molecule has 0 spiro atoms. The largest absolute Gasteiger partial charge is 0.477 e. The van der Waals surface area contributed by atoms with Crippen molar-refractivity contribution in [2.24, 2.45) is 0 Å². The number of carbonyl (C=O) groups excluding carboxylic acids is 2. The molecule has 8 nitrogen and oxygen atoms in total. The van der Waals surface area contributed by atoms with E-state index in [2.05, 4.69) is 15.6 Å². The fraction of sp³-hybridized carbons (Fsp3) is 0.429. The van der Waals surface area contributed by atoms with Crippen molar-refractivity contribution < 1.29 is 24.2 Å². The molecule has 0 radical (unpaired) electrons. The average Bonchev–Trinajstić information content (AvgIpc) is 2.55. The van der Waals surface area contributed by atoms with Crippen molar-refractivity contribution in [1.29, 1.82) is 0 Å². The van der Waals surface area contributed by atoms with Gasteiger partial charge in [-0.05, 0) is 32.9 Å². The topological polar surface area (TPSA) is 118 Å². The van der Waals surface area contributed by atoms with E-state index in [-0.39, 0.29) is 17.3 Å². The Labute approximate surface area is 137 Å². The molecule has 2 amide bonds. The van der Waals surface area contributed by atoms with Crippen LogP contribution in [0, 0.1) is 0 Å². The molecule has 0 bridgehead atoms. The molecule has 2 rings (SSSR count). The Morgan fingerprint density at radius 2 is 2.13 bits per heavy atom. The number of thioether (sulfide) groups is 1. The molecule has 0 aromatic carbocycles. The molecule has 0 aliphatic carbocycles. The molecule has 124 valence electrons. The maximum absolute atomic E-state index is 12.2. The number of amides is 2. The van der Waals surface area contributed by atoms with E-state index in [1.54, 1.807) is 26.8 Å². The number of nitrogens with zero attached hydrogens (tertiary/aromatic N) is 1. The van der Waals surface area contributed by atoms with Crippen molar-refractivity contribution in [3.8, 4) is 0 Å². The minimum atomic E-state index is -1.18. The third kappa shape index (κ3) is 4.59. The summed E-state index contributed by atoms with van der Waals surface area (Å²) in [7, 11) is 0. The third-order valence-electron chi connectivity index (χ3n) is 2.73. The zero-order chi connectivity index (χ0) is 17.2. The molecule has 1 aliphatic heterocycles. The first kappa shape index (κ1) is 17.1. The van der Waals surface area contributed by atoms with Gasteiger partial charge in [-0.25, -0.2) is 14.6 Å². The molecule has 2 heterocycles. The van der Waals surface area contributed by atoms with Gasteiger partial charge in [0.1, 0.15) is 17.5 Å². The number of carboxylic acid groups (broad SMARTS) is 1. The van der Waals surface area contributed by atoms with Gasteiger partial charge in [-0.1, -0.05) is 0 Å². The van der Waals surface area contributed by atoms with Gasteiger partial charge in [-0.2, -0.15) is 0 Å². The van der Waals surface area contributed by atoms with E-state index in [0.717, 1.165) is 0 Å². The molecule has 1 atom stereocenters. The number of aromatic nitrogens is 1. The molecular formula is C14H17N3O5S. The van der Waals surface area contributed by atoms with Gasteiger partial charge in [-0.15, -0.1) is 11.8 Å². The first-order valence-electron chi connectivity index (χ1n) is 6.83. The Hall–Kier alpha value is -2.29. The average molecular weight is 339 g/mol. The van der Waals surface area contributed by atoms with Crippen molar-refractivity contribution in [2.75, 3.05) is 11.1 Å². The summed E-state index contributed by atoms with van der Waals surface area (Å²) < 4.78 is 5.12. The number of pyridine rings is 1. The maximum Gasteiger partial charge on any atom is 0.408 e. The van der Waals surface area contributed by atoms with Gasteiger partial charge in [-0.3, -0.25) is 4.79 Å². The number of nitrogens with one attached hydrogen (secondary N) is 2. The minimum Gasteiger partial charge on any atom is -0.477 e. The van der Waals surface area contributed by atoms with E-state index in [1.165, 1.54) is 17.8 Å². The van der Waals surface area contributed by atoms with E-state index < -0.39 is 29.6 Å². The zero-order valence-electron chi connectivity index (χ0n) is 12.9. The maximum atomic E-state index is 12.2. The molecule has 1 aromatic heterocycles. The van der Waals surface area contributed by atoms with Crippen LogP contribution in [0.2, 0.25) is 0 Å². The van der Waals surface area contributed by atoms with E-state index in [9.17, 15) is 14.4 Å². The number of rotatable bonds is 2. The number of alkyl carbamates (subject to hydrolysis) is 1. The lowest BCUT2D eigenvalue weighted by molar-refractivity contribution is -0.117. The van der Waals surface area contributed by atoms with Gasteiger partial charge in [0, 0.05) is 5.75 Å². The minimum absolute atomic E-state index is 0.164. The highest BCUT2D eigenvalue weighted by atomic mass is 32.2. The third-order valence-corrected chi connectivity index (χ3v) is 3.87. The SMILES string of the molecule is CC(C)(C)OC(=O)N[C@H]1CSc2ccc(C(=O)O)nc2NC1=O. The second-order valence-electron chi connectivity index (χ2n) is 5.85. The van der Waals surface area contributed by atoms with Crippen molar-refractivity contribution in [3.63, 3.8) is 0 Å². The van der Waals surface area contributed by atoms with Crippen LogP contribution >= 0.6 is 11.8 Å². The Kier molecular flexibility index (Phi) is 4.79. The summed E-state index contributed by atoms with van der Waals surface area (Å²) in [6, 6.07) is 2.13. The predicted molar refractivity (Wildman–Crippen MR) is 83.7 cm³/mol. The number of fused-ring (bicyclic) bond motifs is 1. The molecule has 9 heteroatoms. The fourth-order valence-electron chi connectivity index (χ4n) is 1.78. The smallest absolute Gasteiger partial charge is 0.408 e. The van der Waals surface area contributed by atoms with E-state index >= 15 is 0 Å². The first-order chi connectivity index (χ1) is 10.7. The van der Waals surface area contributed by atoms with Crippen LogP contribution in [-0.2, 0) is 9.53 Å². The quantitative estimate of drug-likeness (QED) is 0.751. The van der Waals surface area contributed by atoms with E-state index in [1.807, 2.05) is 0 Å². The van der Waals surface area contributed by atoms with Crippen LogP contribution in [0.4, 0.5) is 10.6 Å². The van der Waals surface area contributed by atoms with Gasteiger partial charge in [0.15, 0.2) is 5.69 Å². The van der Waals surface area contributed by atoms with Crippen molar-refractivity contribution in [1.82, 2.24) is 10.3 Å². The molecule has 23 heavy (non-hydrogen) atoms. The summed E-state index contributed by atoms with van der Waals surface area (Å²) in [4.78, 5) is 39.4. The lowest BCUT2D eigenvalue weighted by Crippen LogP contribution is -2.46. The van der Waals surface area contributed by atoms with Crippen LogP contribution < -0.4 is 10.6 Å². The van der Waals surface area contributed by atoms with Gasteiger partial charge < -0.3 is 20.5 Å². The van der Waals surface area contributed by atoms with Crippen LogP contribution in [0.15, 0.2) is 17.0 Å². The van der Waals surface area contributed by atoms with Gasteiger partial charge in [0.2, 0.25) is 5.91 Å². The second kappa shape index (κ2) is 6.45. The molecule has 0 fully saturated rings. The van der Waals surface area contributed by atoms with Crippen LogP contribution in [0.25, 0.3) is 0 Å². The molecule has 3 N–H and O–H groups in total. The summed E-state index contributed by atoms with van der Waals surface area (Å²) in [6.07, 6.45) is -0.691. The first-order valence-corrected chi connectivity index (χ1v) is 7.82. The number of hydrogen-bond acceptors (Lipinski definition) is 6. The lowest BCUT2D eigenvalue weighted by Gasteiger charge is -2.22. The highest BCUT2D eigenvalue weighted by Crippen LogP contribution is 2.29. The highest BCUT2D eigenvalue weighted by Gasteiger charge is 2.28. The van der Waals surface area contributed by atoms with Gasteiger partial charge >= 0.3 is 12.1 Å². The Bertz CT molecular complexity index is 656. The Morgan fingerprint density at radius 3 is 2.74 bits per heavy atom. The summed E-state index contributed by atoms with van der Waals surface area (Å²) in [6.45, 7) is 5.17. The van der Waals surface area contributed by atoms with Crippen molar-refractivity contribution in [3.05, 3.63) is 17.8 Å². The number of carbonyl (C=O) groups is 3. The number of ether oxygens (including phenoxy) is 1. The molecule has 0 saturated carbocycles. The van der Waals surface area contributed by atoms with Gasteiger partial charge in [0.05, 0.1) is 4.90 Å². The van der Waals surface area contributed by atoms with Crippen LogP contribution in [-0.4, -0.2) is 45.5 Å². The fourth-order valence-corrected chi connectivity index (χ4v) is 2.76. The molecule has 1 aromatic rings. The summed E-state index contributed by atoms with van der Waals surface area (Å²) in [5.74, 6) is -1.20.